The summed E-state index contributed by atoms with van der Waals surface area (Å²) < 4.78 is 13.4. The Labute approximate surface area is 121 Å². The fraction of sp³-hybridized carbons (Fsp3) is 0.667. The summed E-state index contributed by atoms with van der Waals surface area (Å²) in [5.74, 6) is 0.681. The maximum absolute atomic E-state index is 13.4. The summed E-state index contributed by atoms with van der Waals surface area (Å²) in [5, 5.41) is 3.33. The van der Waals surface area contributed by atoms with E-state index in [1.807, 2.05) is 0 Å². The predicted octanol–water partition coefficient (Wildman–Crippen LogP) is 1.86. The third-order valence-corrected chi connectivity index (χ3v) is 3.77. The molecule has 112 valence electrons. The molecule has 1 aromatic heterocycles. The van der Waals surface area contributed by atoms with Crippen LogP contribution in [0.25, 0.3) is 0 Å². The van der Waals surface area contributed by atoms with Gasteiger partial charge in [-0.3, -0.25) is 0 Å². The Morgan fingerprint density at radius 2 is 2.00 bits per heavy atom. The van der Waals surface area contributed by atoms with E-state index in [9.17, 15) is 4.39 Å². The first kappa shape index (κ1) is 15.2. The lowest BCUT2D eigenvalue weighted by Crippen LogP contribution is -2.46. The molecule has 1 aliphatic rings. The zero-order chi connectivity index (χ0) is 14.4. The molecule has 0 saturated carbocycles. The van der Waals surface area contributed by atoms with E-state index in [4.69, 9.17) is 0 Å². The highest BCUT2D eigenvalue weighted by molar-refractivity contribution is 5.47. The minimum atomic E-state index is -0.255. The van der Waals surface area contributed by atoms with Gasteiger partial charge in [0.25, 0.3) is 0 Å². The van der Waals surface area contributed by atoms with E-state index in [0.29, 0.717) is 6.54 Å². The SMILES string of the molecule is CCCNCc1cc(F)cnc1N1CCN(CC)CC1. The minimum Gasteiger partial charge on any atom is -0.354 e. The molecule has 1 fully saturated rings. The standard InChI is InChI=1S/C15H25FN4/c1-3-5-17-11-13-10-14(16)12-18-15(13)20-8-6-19(4-2)7-9-20/h10,12,17H,3-9,11H2,1-2H3. The highest BCUT2D eigenvalue weighted by atomic mass is 19.1. The summed E-state index contributed by atoms with van der Waals surface area (Å²) in [6.07, 6.45) is 2.40. The van der Waals surface area contributed by atoms with E-state index in [1.165, 1.54) is 6.20 Å². The molecule has 20 heavy (non-hydrogen) atoms. The van der Waals surface area contributed by atoms with Gasteiger partial charge in [0.15, 0.2) is 0 Å². The third kappa shape index (κ3) is 3.90. The Morgan fingerprint density at radius 3 is 2.65 bits per heavy atom. The van der Waals surface area contributed by atoms with Crippen molar-refractivity contribution in [1.29, 1.82) is 0 Å². The number of rotatable bonds is 6. The molecule has 2 heterocycles. The van der Waals surface area contributed by atoms with Gasteiger partial charge in [0.2, 0.25) is 0 Å². The van der Waals surface area contributed by atoms with E-state index < -0.39 is 0 Å². The number of likely N-dealkylation sites (N-methyl/N-ethyl adjacent to an activating group) is 1. The second kappa shape index (κ2) is 7.55. The molecule has 0 bridgehead atoms. The van der Waals surface area contributed by atoms with Crippen molar-refractivity contribution in [2.24, 2.45) is 0 Å². The van der Waals surface area contributed by atoms with Crippen LogP contribution in [-0.4, -0.2) is 49.2 Å². The number of pyridine rings is 1. The van der Waals surface area contributed by atoms with E-state index in [0.717, 1.165) is 57.1 Å². The fourth-order valence-corrected chi connectivity index (χ4v) is 2.56. The molecule has 0 atom stereocenters. The van der Waals surface area contributed by atoms with E-state index in [1.54, 1.807) is 6.07 Å². The second-order valence-electron chi connectivity index (χ2n) is 5.23. The molecule has 1 saturated heterocycles. The van der Waals surface area contributed by atoms with Crippen molar-refractivity contribution < 1.29 is 4.39 Å². The lowest BCUT2D eigenvalue weighted by molar-refractivity contribution is 0.270. The van der Waals surface area contributed by atoms with Gasteiger partial charge in [-0.25, -0.2) is 9.37 Å². The Morgan fingerprint density at radius 1 is 1.25 bits per heavy atom. The molecule has 1 aromatic rings. The third-order valence-electron chi connectivity index (χ3n) is 3.77. The van der Waals surface area contributed by atoms with Crippen LogP contribution in [0.2, 0.25) is 0 Å². The van der Waals surface area contributed by atoms with Crippen molar-refractivity contribution in [1.82, 2.24) is 15.2 Å². The summed E-state index contributed by atoms with van der Waals surface area (Å²) in [6.45, 7) is 11.1. The Hall–Kier alpha value is -1.20. The summed E-state index contributed by atoms with van der Waals surface area (Å²) in [4.78, 5) is 9.02. The average Bonchev–Trinajstić information content (AvgIpc) is 2.48. The number of nitrogens with one attached hydrogen (secondary N) is 1. The van der Waals surface area contributed by atoms with Crippen LogP contribution in [0, 0.1) is 5.82 Å². The van der Waals surface area contributed by atoms with Crippen LogP contribution in [0.5, 0.6) is 0 Å². The molecule has 0 aromatic carbocycles. The first-order valence-corrected chi connectivity index (χ1v) is 7.57. The Bertz CT molecular complexity index is 416. The summed E-state index contributed by atoms with van der Waals surface area (Å²) in [6, 6.07) is 1.61. The molecular weight excluding hydrogens is 255 g/mol. The van der Waals surface area contributed by atoms with Gasteiger partial charge in [-0.2, -0.15) is 0 Å². The van der Waals surface area contributed by atoms with E-state index >= 15 is 0 Å². The molecular formula is C15H25FN4. The Kier molecular flexibility index (Phi) is 5.73. The number of halogens is 1. The van der Waals surface area contributed by atoms with Gasteiger partial charge in [0.1, 0.15) is 11.6 Å². The van der Waals surface area contributed by atoms with Gasteiger partial charge in [-0.15, -0.1) is 0 Å². The minimum absolute atomic E-state index is 0.255. The van der Waals surface area contributed by atoms with E-state index in [2.05, 4.69) is 33.9 Å². The van der Waals surface area contributed by atoms with Crippen LogP contribution >= 0.6 is 0 Å². The fourth-order valence-electron chi connectivity index (χ4n) is 2.56. The molecule has 0 unspecified atom stereocenters. The average molecular weight is 280 g/mol. The number of anilines is 1. The van der Waals surface area contributed by atoms with Crippen LogP contribution in [0.3, 0.4) is 0 Å². The molecule has 0 spiro atoms. The monoisotopic (exact) mass is 280 g/mol. The van der Waals surface area contributed by atoms with Gasteiger partial charge >= 0.3 is 0 Å². The lowest BCUT2D eigenvalue weighted by Gasteiger charge is -2.35. The van der Waals surface area contributed by atoms with Gasteiger partial charge in [-0.05, 0) is 25.6 Å². The topological polar surface area (TPSA) is 31.4 Å². The molecule has 4 nitrogen and oxygen atoms in total. The number of hydrogen-bond acceptors (Lipinski definition) is 4. The highest BCUT2D eigenvalue weighted by Crippen LogP contribution is 2.20. The van der Waals surface area contributed by atoms with E-state index in [-0.39, 0.29) is 5.82 Å². The van der Waals surface area contributed by atoms with Gasteiger partial charge in [-0.1, -0.05) is 13.8 Å². The number of aromatic nitrogens is 1. The Balaban J connectivity index is 2.06. The largest absolute Gasteiger partial charge is 0.354 e. The highest BCUT2D eigenvalue weighted by Gasteiger charge is 2.19. The molecule has 0 aliphatic carbocycles. The quantitative estimate of drug-likeness (QED) is 0.806. The first-order valence-electron chi connectivity index (χ1n) is 7.57. The smallest absolute Gasteiger partial charge is 0.141 e. The number of hydrogen-bond donors (Lipinski definition) is 1. The summed E-state index contributed by atoms with van der Waals surface area (Å²) >= 11 is 0. The first-order chi connectivity index (χ1) is 9.74. The summed E-state index contributed by atoms with van der Waals surface area (Å²) in [5.41, 5.74) is 0.961. The van der Waals surface area contributed by atoms with Crippen LogP contribution in [0.15, 0.2) is 12.3 Å². The van der Waals surface area contributed by atoms with Crippen LogP contribution in [0.1, 0.15) is 25.8 Å². The molecule has 5 heteroatoms. The van der Waals surface area contributed by atoms with Crippen LogP contribution < -0.4 is 10.2 Å². The van der Waals surface area contributed by atoms with Crippen molar-refractivity contribution >= 4 is 5.82 Å². The normalized spacial score (nSPS) is 16.6. The molecule has 0 radical (unpaired) electrons. The molecule has 1 N–H and O–H groups in total. The molecule has 1 aliphatic heterocycles. The lowest BCUT2D eigenvalue weighted by atomic mass is 10.2. The summed E-state index contributed by atoms with van der Waals surface area (Å²) in [7, 11) is 0. The van der Waals surface area contributed by atoms with Crippen LogP contribution in [0.4, 0.5) is 10.2 Å². The van der Waals surface area contributed by atoms with Gasteiger partial charge in [0.05, 0.1) is 6.20 Å². The second-order valence-corrected chi connectivity index (χ2v) is 5.23. The number of piperazine rings is 1. The number of nitrogens with zero attached hydrogens (tertiary/aromatic N) is 3. The maximum Gasteiger partial charge on any atom is 0.141 e. The van der Waals surface area contributed by atoms with Crippen molar-refractivity contribution in [3.05, 3.63) is 23.6 Å². The van der Waals surface area contributed by atoms with Gasteiger partial charge < -0.3 is 15.1 Å². The van der Waals surface area contributed by atoms with Crippen molar-refractivity contribution in [2.75, 3.05) is 44.2 Å². The predicted molar refractivity (Wildman–Crippen MR) is 80.5 cm³/mol. The van der Waals surface area contributed by atoms with Gasteiger partial charge in [0, 0.05) is 38.3 Å². The maximum atomic E-state index is 13.4. The van der Waals surface area contributed by atoms with Crippen molar-refractivity contribution in [3.63, 3.8) is 0 Å². The van der Waals surface area contributed by atoms with Crippen molar-refractivity contribution in [2.45, 2.75) is 26.8 Å². The van der Waals surface area contributed by atoms with Crippen LogP contribution in [-0.2, 0) is 6.54 Å². The zero-order valence-corrected chi connectivity index (χ0v) is 12.5. The molecule has 0 amide bonds. The van der Waals surface area contributed by atoms with Crippen molar-refractivity contribution in [3.8, 4) is 0 Å². The zero-order valence-electron chi connectivity index (χ0n) is 12.5. The molecule has 2 rings (SSSR count).